The minimum atomic E-state index is 0.392. The van der Waals surface area contributed by atoms with Crippen LogP contribution < -0.4 is 10.1 Å². The van der Waals surface area contributed by atoms with Crippen LogP contribution in [0.5, 0.6) is 11.8 Å². The number of nitrogens with zero attached hydrogens (tertiary/aromatic N) is 2. The number of aromatic nitrogens is 2. The standard InChI is InChI=1S/C17H23N3O/c1-5-12(2)14-6-8-16(9-7-14)21-17-19-11-15(10-18-4)13(3)20-17/h6-9,11-12,18H,5,10H2,1-4H3. The van der Waals surface area contributed by atoms with Crippen molar-refractivity contribution in [2.45, 2.75) is 39.7 Å². The summed E-state index contributed by atoms with van der Waals surface area (Å²) in [4.78, 5) is 8.64. The van der Waals surface area contributed by atoms with Gasteiger partial charge in [0.15, 0.2) is 0 Å². The Labute approximate surface area is 126 Å². The minimum absolute atomic E-state index is 0.392. The van der Waals surface area contributed by atoms with E-state index in [9.17, 15) is 0 Å². The molecule has 2 rings (SSSR count). The molecular formula is C17H23N3O. The molecular weight excluding hydrogens is 262 g/mol. The average Bonchev–Trinajstić information content (AvgIpc) is 2.50. The Balaban J connectivity index is 2.09. The molecule has 0 amide bonds. The number of ether oxygens (including phenoxy) is 1. The second-order valence-electron chi connectivity index (χ2n) is 5.27. The van der Waals surface area contributed by atoms with Crippen molar-refractivity contribution in [3.63, 3.8) is 0 Å². The van der Waals surface area contributed by atoms with Crippen LogP contribution in [-0.2, 0) is 6.54 Å². The Morgan fingerprint density at radius 1 is 1.24 bits per heavy atom. The lowest BCUT2D eigenvalue weighted by atomic mass is 9.99. The van der Waals surface area contributed by atoms with Crippen molar-refractivity contribution in [3.8, 4) is 11.8 Å². The van der Waals surface area contributed by atoms with Crippen molar-refractivity contribution in [1.82, 2.24) is 15.3 Å². The monoisotopic (exact) mass is 285 g/mol. The van der Waals surface area contributed by atoms with Gasteiger partial charge in [-0.05, 0) is 44.0 Å². The van der Waals surface area contributed by atoms with Crippen LogP contribution in [0.2, 0.25) is 0 Å². The number of aryl methyl sites for hydroxylation is 1. The number of rotatable bonds is 6. The van der Waals surface area contributed by atoms with Crippen LogP contribution in [-0.4, -0.2) is 17.0 Å². The summed E-state index contributed by atoms with van der Waals surface area (Å²) in [5, 5.41) is 3.10. The number of hydrogen-bond donors (Lipinski definition) is 1. The SMILES string of the molecule is CCC(C)c1ccc(Oc2ncc(CNC)c(C)n2)cc1. The summed E-state index contributed by atoms with van der Waals surface area (Å²) in [5.74, 6) is 1.33. The highest BCUT2D eigenvalue weighted by molar-refractivity contribution is 5.31. The second-order valence-corrected chi connectivity index (χ2v) is 5.27. The molecule has 0 radical (unpaired) electrons. The van der Waals surface area contributed by atoms with E-state index in [0.717, 1.165) is 30.0 Å². The van der Waals surface area contributed by atoms with Gasteiger partial charge in [0.1, 0.15) is 5.75 Å². The van der Waals surface area contributed by atoms with E-state index in [0.29, 0.717) is 11.9 Å². The maximum atomic E-state index is 5.72. The van der Waals surface area contributed by atoms with Crippen molar-refractivity contribution in [2.24, 2.45) is 0 Å². The Kier molecular flexibility index (Phi) is 5.28. The van der Waals surface area contributed by atoms with Gasteiger partial charge in [-0.1, -0.05) is 26.0 Å². The van der Waals surface area contributed by atoms with Crippen molar-refractivity contribution in [2.75, 3.05) is 7.05 Å². The van der Waals surface area contributed by atoms with Gasteiger partial charge in [-0.2, -0.15) is 4.98 Å². The van der Waals surface area contributed by atoms with Gasteiger partial charge in [0.25, 0.3) is 0 Å². The number of nitrogens with one attached hydrogen (secondary N) is 1. The van der Waals surface area contributed by atoms with Gasteiger partial charge in [-0.25, -0.2) is 4.98 Å². The predicted molar refractivity (Wildman–Crippen MR) is 84.8 cm³/mol. The first-order valence-corrected chi connectivity index (χ1v) is 7.39. The largest absolute Gasteiger partial charge is 0.424 e. The molecule has 21 heavy (non-hydrogen) atoms. The van der Waals surface area contributed by atoms with Crippen LogP contribution in [0.3, 0.4) is 0 Å². The van der Waals surface area contributed by atoms with Crippen LogP contribution in [0.1, 0.15) is 43.0 Å². The molecule has 2 aromatic rings. The molecule has 0 saturated heterocycles. The van der Waals surface area contributed by atoms with E-state index in [4.69, 9.17) is 4.74 Å². The Bertz CT molecular complexity index is 581. The quantitative estimate of drug-likeness (QED) is 0.876. The molecule has 0 fully saturated rings. The zero-order chi connectivity index (χ0) is 15.2. The maximum Gasteiger partial charge on any atom is 0.322 e. The van der Waals surface area contributed by atoms with Gasteiger partial charge < -0.3 is 10.1 Å². The van der Waals surface area contributed by atoms with Crippen molar-refractivity contribution < 1.29 is 4.74 Å². The van der Waals surface area contributed by atoms with Crippen molar-refractivity contribution >= 4 is 0 Å². The van der Waals surface area contributed by atoms with E-state index >= 15 is 0 Å². The zero-order valence-electron chi connectivity index (χ0n) is 13.2. The van der Waals surface area contributed by atoms with E-state index in [-0.39, 0.29) is 0 Å². The van der Waals surface area contributed by atoms with E-state index < -0.39 is 0 Å². The molecule has 0 saturated carbocycles. The van der Waals surface area contributed by atoms with Gasteiger partial charge in [0.05, 0.1) is 0 Å². The van der Waals surface area contributed by atoms with Crippen LogP contribution in [0, 0.1) is 6.92 Å². The van der Waals surface area contributed by atoms with Gasteiger partial charge in [-0.3, -0.25) is 0 Å². The molecule has 0 aliphatic carbocycles. The molecule has 1 aromatic heterocycles. The van der Waals surface area contributed by atoms with Gasteiger partial charge in [0.2, 0.25) is 0 Å². The first-order chi connectivity index (χ1) is 10.1. The normalized spacial score (nSPS) is 12.2. The van der Waals surface area contributed by atoms with E-state index in [1.165, 1.54) is 5.56 Å². The fraction of sp³-hybridized carbons (Fsp3) is 0.412. The summed E-state index contributed by atoms with van der Waals surface area (Å²) in [6, 6.07) is 8.55. The number of benzene rings is 1. The van der Waals surface area contributed by atoms with Gasteiger partial charge >= 0.3 is 6.01 Å². The van der Waals surface area contributed by atoms with Gasteiger partial charge in [0, 0.05) is 24.0 Å². The minimum Gasteiger partial charge on any atom is -0.424 e. The highest BCUT2D eigenvalue weighted by Crippen LogP contribution is 2.23. The first-order valence-electron chi connectivity index (χ1n) is 7.39. The molecule has 1 atom stereocenters. The van der Waals surface area contributed by atoms with Crippen LogP contribution in [0.25, 0.3) is 0 Å². The maximum absolute atomic E-state index is 5.72. The lowest BCUT2D eigenvalue weighted by Crippen LogP contribution is -2.08. The molecule has 0 aliphatic rings. The summed E-state index contributed by atoms with van der Waals surface area (Å²) < 4.78 is 5.72. The molecule has 4 heteroatoms. The van der Waals surface area contributed by atoms with Crippen LogP contribution >= 0.6 is 0 Å². The fourth-order valence-electron chi connectivity index (χ4n) is 2.09. The Hall–Kier alpha value is -1.94. The van der Waals surface area contributed by atoms with Gasteiger partial charge in [-0.15, -0.1) is 0 Å². The fourth-order valence-corrected chi connectivity index (χ4v) is 2.09. The lowest BCUT2D eigenvalue weighted by molar-refractivity contribution is 0.439. The zero-order valence-corrected chi connectivity index (χ0v) is 13.2. The van der Waals surface area contributed by atoms with E-state index in [2.05, 4.69) is 41.3 Å². The Morgan fingerprint density at radius 2 is 1.95 bits per heavy atom. The molecule has 1 N–H and O–H groups in total. The smallest absolute Gasteiger partial charge is 0.322 e. The molecule has 0 aliphatic heterocycles. The summed E-state index contributed by atoms with van der Waals surface area (Å²) in [6.07, 6.45) is 2.94. The summed E-state index contributed by atoms with van der Waals surface area (Å²) in [6.45, 7) is 7.14. The summed E-state index contributed by atoms with van der Waals surface area (Å²) in [5.41, 5.74) is 3.34. The molecule has 0 spiro atoms. The van der Waals surface area contributed by atoms with Crippen LogP contribution in [0.4, 0.5) is 0 Å². The molecule has 1 aromatic carbocycles. The van der Waals surface area contributed by atoms with Crippen molar-refractivity contribution in [1.29, 1.82) is 0 Å². The highest BCUT2D eigenvalue weighted by atomic mass is 16.5. The lowest BCUT2D eigenvalue weighted by Gasteiger charge is -2.10. The first kappa shape index (κ1) is 15.4. The topological polar surface area (TPSA) is 47.0 Å². The predicted octanol–water partition coefficient (Wildman–Crippen LogP) is 3.81. The third-order valence-corrected chi connectivity index (χ3v) is 3.70. The second kappa shape index (κ2) is 7.18. The highest BCUT2D eigenvalue weighted by Gasteiger charge is 2.06. The molecule has 1 unspecified atom stereocenters. The average molecular weight is 285 g/mol. The molecule has 112 valence electrons. The van der Waals surface area contributed by atoms with E-state index in [1.807, 2.05) is 32.3 Å². The molecule has 1 heterocycles. The molecule has 0 bridgehead atoms. The van der Waals surface area contributed by atoms with Crippen molar-refractivity contribution in [3.05, 3.63) is 47.3 Å². The number of hydrogen-bond acceptors (Lipinski definition) is 4. The van der Waals surface area contributed by atoms with E-state index in [1.54, 1.807) is 0 Å². The summed E-state index contributed by atoms with van der Waals surface area (Å²) in [7, 11) is 1.91. The third kappa shape index (κ3) is 4.02. The summed E-state index contributed by atoms with van der Waals surface area (Å²) >= 11 is 0. The third-order valence-electron chi connectivity index (χ3n) is 3.70. The molecule has 4 nitrogen and oxygen atoms in total. The Morgan fingerprint density at radius 3 is 2.52 bits per heavy atom. The van der Waals surface area contributed by atoms with Crippen LogP contribution in [0.15, 0.2) is 30.5 Å².